The number of aromatic nitrogens is 1. The van der Waals surface area contributed by atoms with Crippen LogP contribution < -0.4 is 31.9 Å². The van der Waals surface area contributed by atoms with Gasteiger partial charge in [-0.05, 0) is 141 Å². The molecule has 1 heterocycles. The number of unbranched alkanes of at least 4 members (excludes halogenated alkanes) is 6. The van der Waals surface area contributed by atoms with Gasteiger partial charge < -0.3 is 61.3 Å². The van der Waals surface area contributed by atoms with E-state index in [-0.39, 0.29) is 111 Å². The van der Waals surface area contributed by atoms with Crippen LogP contribution in [-0.2, 0) is 43.2 Å². The molecule has 1 rings (SSSR count). The van der Waals surface area contributed by atoms with E-state index in [1.807, 2.05) is 45.0 Å². The van der Waals surface area contributed by atoms with Crippen LogP contribution >= 0.6 is 21.6 Å². The fourth-order valence-corrected chi connectivity index (χ4v) is 11.1. The maximum absolute atomic E-state index is 14.6. The Morgan fingerprint density at radius 1 is 0.542 bits per heavy atom. The van der Waals surface area contributed by atoms with Gasteiger partial charge in [0.1, 0.15) is 35.5 Å². The molecule has 0 unspecified atom stereocenters. The molecule has 1 aromatic rings. The van der Waals surface area contributed by atoms with Gasteiger partial charge in [-0.2, -0.15) is 0 Å². The Morgan fingerprint density at radius 2 is 1.01 bits per heavy atom. The van der Waals surface area contributed by atoms with Gasteiger partial charge in [0, 0.05) is 88.5 Å². The highest BCUT2D eigenvalue weighted by atomic mass is 33.1. The summed E-state index contributed by atoms with van der Waals surface area (Å²) in [6.07, 6.45) is 12.6. The topological polar surface area (TPSA) is 275 Å². The summed E-state index contributed by atoms with van der Waals surface area (Å²) in [6.45, 7) is 4.40. The fourth-order valence-electron chi connectivity index (χ4n) is 8.80. The third-order valence-electron chi connectivity index (χ3n) is 13.0. The van der Waals surface area contributed by atoms with Crippen LogP contribution in [0.5, 0.6) is 0 Å². The summed E-state index contributed by atoms with van der Waals surface area (Å²) in [6, 6.07) is -0.671. The highest BCUT2D eigenvalue weighted by Gasteiger charge is 2.28. The van der Waals surface area contributed by atoms with Gasteiger partial charge in [0.15, 0.2) is 0 Å². The number of ketones is 3. The zero-order valence-electron chi connectivity index (χ0n) is 52.0. The zero-order chi connectivity index (χ0) is 62.1. The molecule has 472 valence electrons. The summed E-state index contributed by atoms with van der Waals surface area (Å²) in [5.74, 6) is -1.28. The van der Waals surface area contributed by atoms with Gasteiger partial charge in [-0.15, -0.1) is 0 Å². The lowest BCUT2D eigenvalue weighted by atomic mass is 10.0. The molecule has 3 atom stereocenters. The van der Waals surface area contributed by atoms with Crippen molar-refractivity contribution < 1.29 is 47.9 Å². The summed E-state index contributed by atoms with van der Waals surface area (Å²) < 4.78 is 0. The minimum atomic E-state index is -0.873. The number of carbonyl (C=O) groups is 10. The number of amides is 7. The third kappa shape index (κ3) is 37.1. The van der Waals surface area contributed by atoms with Crippen LogP contribution in [0.2, 0.25) is 0 Å². The SMILES string of the molecule is CNCCCNC(=O)[C@H](CC(C)=O)N(C)C(=O)CCCCCSSc1ccncc1C(=O)N(CCCNC(=O)[C@H](CCCCCC(=O)CN(C)C)NC(=O)CN(C)C)CCCNC(=O)[C@H](CCCCCC(=O)CN(C)C)NC(=O)CN(C)C. The van der Waals surface area contributed by atoms with Crippen molar-refractivity contribution in [3.8, 4) is 0 Å². The maximum atomic E-state index is 14.6. The molecule has 0 aliphatic rings. The van der Waals surface area contributed by atoms with E-state index >= 15 is 0 Å². The van der Waals surface area contributed by atoms with E-state index in [4.69, 9.17) is 0 Å². The van der Waals surface area contributed by atoms with Crippen LogP contribution in [0.15, 0.2) is 23.4 Å². The first-order valence-corrected chi connectivity index (χ1v) is 31.7. The number of likely N-dealkylation sites (N-methyl/N-ethyl adjacent to an activating group) is 5. The molecule has 7 amide bonds. The van der Waals surface area contributed by atoms with Crippen molar-refractivity contribution in [2.24, 2.45) is 0 Å². The molecule has 0 saturated heterocycles. The number of hydrogen-bond acceptors (Lipinski definition) is 18. The van der Waals surface area contributed by atoms with Gasteiger partial charge in [-0.25, -0.2) is 0 Å². The molecule has 0 aliphatic heterocycles. The Labute approximate surface area is 503 Å². The van der Waals surface area contributed by atoms with Crippen LogP contribution in [0.25, 0.3) is 0 Å². The average Bonchev–Trinajstić information content (AvgIpc) is 3.49. The molecule has 0 spiro atoms. The van der Waals surface area contributed by atoms with Crippen molar-refractivity contribution in [2.45, 2.75) is 146 Å². The maximum Gasteiger partial charge on any atom is 0.256 e. The summed E-state index contributed by atoms with van der Waals surface area (Å²) >= 11 is 0. The van der Waals surface area contributed by atoms with Crippen molar-refractivity contribution >= 4 is 80.3 Å². The van der Waals surface area contributed by atoms with Crippen LogP contribution in [0.4, 0.5) is 0 Å². The van der Waals surface area contributed by atoms with Crippen LogP contribution in [-0.4, -0.2) is 253 Å². The van der Waals surface area contributed by atoms with E-state index in [1.54, 1.807) is 73.0 Å². The summed E-state index contributed by atoms with van der Waals surface area (Å²) in [7, 11) is 20.9. The highest BCUT2D eigenvalue weighted by molar-refractivity contribution is 8.76. The van der Waals surface area contributed by atoms with E-state index in [1.165, 1.54) is 28.8 Å². The van der Waals surface area contributed by atoms with Gasteiger partial charge in [-0.3, -0.25) is 52.9 Å². The van der Waals surface area contributed by atoms with Gasteiger partial charge >= 0.3 is 0 Å². The first kappa shape index (κ1) is 76.0. The summed E-state index contributed by atoms with van der Waals surface area (Å²) in [5, 5.41) is 17.5. The zero-order valence-corrected chi connectivity index (χ0v) is 53.6. The number of rotatable bonds is 49. The number of pyridine rings is 1. The summed E-state index contributed by atoms with van der Waals surface area (Å²) in [5.41, 5.74) is 0.386. The minimum Gasteiger partial charge on any atom is -0.354 e. The monoisotopic (exact) mass is 1210 g/mol. The van der Waals surface area contributed by atoms with Crippen molar-refractivity contribution in [2.75, 3.05) is 142 Å². The molecule has 6 N–H and O–H groups in total. The Hall–Kier alpha value is -5.05. The van der Waals surface area contributed by atoms with Gasteiger partial charge in [0.2, 0.25) is 35.4 Å². The lowest BCUT2D eigenvalue weighted by Crippen LogP contribution is -2.49. The molecule has 83 heavy (non-hydrogen) atoms. The van der Waals surface area contributed by atoms with E-state index in [0.717, 1.165) is 44.4 Å². The van der Waals surface area contributed by atoms with E-state index < -0.39 is 18.1 Å². The largest absolute Gasteiger partial charge is 0.354 e. The average molecular weight is 1210 g/mol. The fraction of sp³-hybridized carbons (Fsp3) is 0.741. The number of hydrogen-bond donors (Lipinski definition) is 6. The van der Waals surface area contributed by atoms with Crippen LogP contribution in [0, 0.1) is 0 Å². The second-order valence-corrected chi connectivity index (χ2v) is 24.8. The first-order valence-electron chi connectivity index (χ1n) is 29.4. The Kier molecular flexibility index (Phi) is 41.5. The molecule has 0 aliphatic carbocycles. The lowest BCUT2D eigenvalue weighted by molar-refractivity contribution is -0.140. The Bertz CT molecular complexity index is 2060. The highest BCUT2D eigenvalue weighted by Crippen LogP contribution is 2.34. The smallest absolute Gasteiger partial charge is 0.256 e. The van der Waals surface area contributed by atoms with Gasteiger partial charge in [-0.1, -0.05) is 53.7 Å². The predicted octanol–water partition coefficient (Wildman–Crippen LogP) is 2.62. The van der Waals surface area contributed by atoms with Gasteiger partial charge in [0.25, 0.3) is 5.91 Å². The first-order chi connectivity index (χ1) is 39.4. The molecule has 0 bridgehead atoms. The molecule has 0 radical (unpaired) electrons. The number of nitrogens with one attached hydrogen (secondary N) is 6. The normalized spacial score (nSPS) is 12.4. The van der Waals surface area contributed by atoms with E-state index in [9.17, 15) is 47.9 Å². The Balaban J connectivity index is 3.16. The number of nitrogens with zero attached hydrogens (tertiary/aromatic N) is 7. The summed E-state index contributed by atoms with van der Waals surface area (Å²) in [4.78, 5) is 145. The van der Waals surface area contributed by atoms with Crippen LogP contribution in [0.1, 0.15) is 133 Å². The molecule has 1 aromatic heterocycles. The molecule has 23 nitrogen and oxygen atoms in total. The minimum absolute atomic E-state index is 0.0578. The molecule has 0 aromatic carbocycles. The molecule has 25 heteroatoms. The van der Waals surface area contributed by atoms with Crippen molar-refractivity contribution in [3.05, 3.63) is 24.0 Å². The second-order valence-electron chi connectivity index (χ2n) is 22.3. The molecular formula is C58H103N13O10S2. The van der Waals surface area contributed by atoms with Crippen molar-refractivity contribution in [1.29, 1.82) is 0 Å². The Morgan fingerprint density at radius 3 is 1.49 bits per heavy atom. The van der Waals surface area contributed by atoms with Crippen molar-refractivity contribution in [3.63, 3.8) is 0 Å². The molecule has 0 fully saturated rings. The standard InChI is InChI=1S/C58H103N13O10S2/c1-44(72)38-50(57(80)63-31-21-30-59-2)70(11)54(77)28-19-14-20-37-82-83-51-29-34-60-39-47(51)58(81)71(35-22-32-61-55(78)48(64-52(75)42-68(7)8)26-17-12-15-24-45(73)40-66(3)4)36-23-33-62-56(79)49(65-53(76)43-69(9)10)27-18-13-16-25-46(74)41-67(5)6/h29,34,39,48-50,59H,12-28,30-33,35-38,40-43H2,1-11H3,(H,61,78)(H,62,79)(H,63,80)(H,64,75)(H,65,76)/t48-,49-,50-/m0/s1. The van der Waals surface area contributed by atoms with Gasteiger partial charge in [0.05, 0.1) is 31.7 Å². The lowest BCUT2D eigenvalue weighted by Gasteiger charge is -2.27. The second kappa shape index (κ2) is 45.3. The quantitative estimate of drug-likeness (QED) is 0.0404. The molecule has 0 saturated carbocycles. The number of Topliss-reactive ketones (excluding diaryl/α,β-unsaturated/α-hetero) is 3. The number of carbonyl (C=O) groups excluding carboxylic acids is 10. The predicted molar refractivity (Wildman–Crippen MR) is 330 cm³/mol. The van der Waals surface area contributed by atoms with E-state index in [2.05, 4.69) is 36.9 Å². The van der Waals surface area contributed by atoms with Crippen molar-refractivity contribution in [1.82, 2.24) is 66.3 Å². The van der Waals surface area contributed by atoms with E-state index in [0.29, 0.717) is 101 Å². The molecular weight excluding hydrogens is 1100 g/mol. The van der Waals surface area contributed by atoms with Crippen LogP contribution in [0.3, 0.4) is 0 Å². The third-order valence-corrected chi connectivity index (χ3v) is 15.5.